The molecule has 0 bridgehead atoms. The minimum absolute atomic E-state index is 0.138. The molecule has 1 aliphatic carbocycles. The van der Waals surface area contributed by atoms with Crippen LogP contribution in [0.2, 0.25) is 0 Å². The number of nitrogens with one attached hydrogen (secondary N) is 1. The Balaban J connectivity index is 1.52. The van der Waals surface area contributed by atoms with E-state index in [9.17, 15) is 13.6 Å². The first-order chi connectivity index (χ1) is 11.1. The molecule has 2 aliphatic rings. The summed E-state index contributed by atoms with van der Waals surface area (Å²) in [5.74, 6) is -0.353. The van der Waals surface area contributed by atoms with Gasteiger partial charge in [-0.3, -0.25) is 0 Å². The van der Waals surface area contributed by atoms with Crippen LogP contribution < -0.4 is 5.32 Å². The standard InChI is InChI=1S/C18H24F2N2O2/c1-10(11-5-12(19)7-13(20)6-11)21-16-14-8-22(9-15(14)16)17(23)24-18(2,3)4/h5-7,10,14-16,21H,8-9H2,1-4H3. The lowest BCUT2D eigenvalue weighted by molar-refractivity contribution is 0.0268. The SMILES string of the molecule is CC(NC1C2CN(C(=O)OC(C)(C)C)CC21)c1cc(F)cc(F)c1. The van der Waals surface area contributed by atoms with Crippen molar-refractivity contribution in [2.45, 2.75) is 45.4 Å². The van der Waals surface area contributed by atoms with Gasteiger partial charge >= 0.3 is 6.09 Å². The van der Waals surface area contributed by atoms with E-state index in [-0.39, 0.29) is 18.2 Å². The molecular weight excluding hydrogens is 314 g/mol. The third-order valence-electron chi connectivity index (χ3n) is 4.67. The first-order valence-corrected chi connectivity index (χ1v) is 8.34. The van der Waals surface area contributed by atoms with Gasteiger partial charge in [-0.05, 0) is 57.2 Å². The minimum atomic E-state index is -0.564. The molecule has 3 atom stereocenters. The molecule has 6 heteroatoms. The molecular formula is C18H24F2N2O2. The Hall–Kier alpha value is -1.69. The van der Waals surface area contributed by atoms with Gasteiger partial charge in [-0.1, -0.05) is 0 Å². The lowest BCUT2D eigenvalue weighted by Crippen LogP contribution is -2.39. The van der Waals surface area contributed by atoms with Crippen molar-refractivity contribution in [2.75, 3.05) is 13.1 Å². The number of rotatable bonds is 3. The van der Waals surface area contributed by atoms with Gasteiger partial charge in [0, 0.05) is 31.2 Å². The molecule has 1 heterocycles. The van der Waals surface area contributed by atoms with Crippen molar-refractivity contribution >= 4 is 6.09 Å². The first-order valence-electron chi connectivity index (χ1n) is 8.34. The summed E-state index contributed by atoms with van der Waals surface area (Å²) in [6.45, 7) is 8.79. The molecule has 1 N–H and O–H groups in total. The van der Waals surface area contributed by atoms with Gasteiger partial charge in [-0.15, -0.1) is 0 Å². The number of hydrogen-bond donors (Lipinski definition) is 1. The van der Waals surface area contributed by atoms with E-state index in [0.29, 0.717) is 30.5 Å². The number of halogens is 2. The van der Waals surface area contributed by atoms with Crippen molar-refractivity contribution in [1.82, 2.24) is 10.2 Å². The Morgan fingerprint density at radius 2 is 1.75 bits per heavy atom. The van der Waals surface area contributed by atoms with Crippen molar-refractivity contribution in [3.63, 3.8) is 0 Å². The van der Waals surface area contributed by atoms with E-state index in [1.807, 2.05) is 27.7 Å². The number of benzene rings is 1. The van der Waals surface area contributed by atoms with Gasteiger partial charge in [0.05, 0.1) is 0 Å². The highest BCUT2D eigenvalue weighted by molar-refractivity contribution is 5.69. The molecule has 132 valence electrons. The van der Waals surface area contributed by atoms with E-state index < -0.39 is 17.2 Å². The topological polar surface area (TPSA) is 41.6 Å². The zero-order valence-corrected chi connectivity index (χ0v) is 14.5. The number of carbonyl (C=O) groups excluding carboxylic acids is 1. The van der Waals surface area contributed by atoms with Gasteiger partial charge in [-0.25, -0.2) is 13.6 Å². The molecule has 0 aromatic heterocycles. The van der Waals surface area contributed by atoms with Crippen LogP contribution in [-0.4, -0.2) is 35.7 Å². The molecule has 1 amide bonds. The smallest absolute Gasteiger partial charge is 0.410 e. The fourth-order valence-electron chi connectivity index (χ4n) is 3.46. The molecule has 1 saturated heterocycles. The predicted molar refractivity (Wildman–Crippen MR) is 86.5 cm³/mol. The Morgan fingerprint density at radius 3 is 2.25 bits per heavy atom. The number of nitrogens with zero attached hydrogens (tertiary/aromatic N) is 1. The summed E-state index contributed by atoms with van der Waals surface area (Å²) in [6, 6.07) is 3.73. The number of hydrogen-bond acceptors (Lipinski definition) is 3. The van der Waals surface area contributed by atoms with E-state index in [0.717, 1.165) is 6.07 Å². The number of fused-ring (bicyclic) bond motifs is 1. The van der Waals surface area contributed by atoms with Gasteiger partial charge in [-0.2, -0.15) is 0 Å². The average Bonchev–Trinajstić information content (AvgIpc) is 2.89. The van der Waals surface area contributed by atoms with Crippen molar-refractivity contribution in [1.29, 1.82) is 0 Å². The molecule has 3 unspecified atom stereocenters. The fraction of sp³-hybridized carbons (Fsp3) is 0.611. The number of carbonyl (C=O) groups is 1. The largest absolute Gasteiger partial charge is 0.444 e. The third kappa shape index (κ3) is 3.69. The molecule has 3 rings (SSSR count). The summed E-state index contributed by atoms with van der Waals surface area (Å²) in [5, 5.41) is 3.42. The molecule has 1 saturated carbocycles. The van der Waals surface area contributed by atoms with Gasteiger partial charge in [0.15, 0.2) is 0 Å². The summed E-state index contributed by atoms with van der Waals surface area (Å²) in [7, 11) is 0. The molecule has 4 nitrogen and oxygen atoms in total. The van der Waals surface area contributed by atoms with Gasteiger partial charge < -0.3 is 15.0 Å². The van der Waals surface area contributed by atoms with Crippen molar-refractivity contribution in [3.05, 3.63) is 35.4 Å². The average molecular weight is 338 g/mol. The monoisotopic (exact) mass is 338 g/mol. The molecule has 1 aliphatic heterocycles. The van der Waals surface area contributed by atoms with Crippen LogP contribution >= 0.6 is 0 Å². The lowest BCUT2D eigenvalue weighted by Gasteiger charge is -2.26. The Morgan fingerprint density at radius 1 is 1.21 bits per heavy atom. The quantitative estimate of drug-likeness (QED) is 0.917. The zero-order chi connectivity index (χ0) is 17.6. The normalized spacial score (nSPS) is 26.9. The summed E-state index contributed by atoms with van der Waals surface area (Å²) >= 11 is 0. The molecule has 1 aromatic rings. The second kappa shape index (κ2) is 5.99. The molecule has 1 aromatic carbocycles. The summed E-state index contributed by atoms with van der Waals surface area (Å²) in [6.07, 6.45) is -0.270. The van der Waals surface area contributed by atoms with Gasteiger partial charge in [0.2, 0.25) is 0 Å². The maximum absolute atomic E-state index is 13.3. The molecule has 0 radical (unpaired) electrons. The van der Waals surface area contributed by atoms with Crippen LogP contribution in [0.5, 0.6) is 0 Å². The molecule has 2 fully saturated rings. The Kier molecular flexibility index (Phi) is 4.28. The van der Waals surface area contributed by atoms with Crippen LogP contribution in [0.3, 0.4) is 0 Å². The molecule has 24 heavy (non-hydrogen) atoms. The van der Waals surface area contributed by atoms with Crippen molar-refractivity contribution in [2.24, 2.45) is 11.8 Å². The Labute approximate surface area is 141 Å². The maximum Gasteiger partial charge on any atom is 0.410 e. The van der Waals surface area contributed by atoms with E-state index in [1.54, 1.807) is 4.90 Å². The second-order valence-electron chi connectivity index (χ2n) is 7.83. The van der Waals surface area contributed by atoms with Crippen LogP contribution in [0.4, 0.5) is 13.6 Å². The van der Waals surface area contributed by atoms with Crippen molar-refractivity contribution in [3.8, 4) is 0 Å². The molecule has 0 spiro atoms. The summed E-state index contributed by atoms with van der Waals surface area (Å²) in [5.41, 5.74) is 0.110. The number of ether oxygens (including phenoxy) is 1. The van der Waals surface area contributed by atoms with Crippen LogP contribution in [0.1, 0.15) is 39.3 Å². The number of amides is 1. The van der Waals surface area contributed by atoms with E-state index in [1.165, 1.54) is 12.1 Å². The summed E-state index contributed by atoms with van der Waals surface area (Å²) < 4.78 is 32.0. The minimum Gasteiger partial charge on any atom is -0.444 e. The predicted octanol–water partition coefficient (Wildman–Crippen LogP) is 3.48. The van der Waals surface area contributed by atoms with E-state index >= 15 is 0 Å². The fourth-order valence-corrected chi connectivity index (χ4v) is 3.46. The van der Waals surface area contributed by atoms with E-state index in [2.05, 4.69) is 5.32 Å². The highest BCUT2D eigenvalue weighted by Crippen LogP contribution is 2.46. The lowest BCUT2D eigenvalue weighted by atomic mass is 10.1. The van der Waals surface area contributed by atoms with Crippen LogP contribution in [-0.2, 0) is 4.74 Å². The number of piperidine rings is 1. The Bertz CT molecular complexity index is 612. The van der Waals surface area contributed by atoms with Gasteiger partial charge in [0.1, 0.15) is 17.2 Å². The van der Waals surface area contributed by atoms with Crippen LogP contribution in [0, 0.1) is 23.5 Å². The first kappa shape index (κ1) is 17.1. The van der Waals surface area contributed by atoms with Crippen molar-refractivity contribution < 1.29 is 18.3 Å². The maximum atomic E-state index is 13.3. The van der Waals surface area contributed by atoms with Crippen LogP contribution in [0.15, 0.2) is 18.2 Å². The summed E-state index contributed by atoms with van der Waals surface area (Å²) in [4.78, 5) is 13.8. The highest BCUT2D eigenvalue weighted by atomic mass is 19.1. The van der Waals surface area contributed by atoms with E-state index in [4.69, 9.17) is 4.74 Å². The number of likely N-dealkylation sites (tertiary alicyclic amines) is 1. The highest BCUT2D eigenvalue weighted by Gasteiger charge is 2.57. The second-order valence-corrected chi connectivity index (χ2v) is 7.83. The zero-order valence-electron chi connectivity index (χ0n) is 14.5. The van der Waals surface area contributed by atoms with Crippen LogP contribution in [0.25, 0.3) is 0 Å². The van der Waals surface area contributed by atoms with Gasteiger partial charge in [0.25, 0.3) is 0 Å². The third-order valence-corrected chi connectivity index (χ3v) is 4.67.